The fourth-order valence-corrected chi connectivity index (χ4v) is 2.45. The maximum Gasteiger partial charge on any atom is 0.138 e. The molecule has 0 saturated heterocycles. The molecule has 1 atom stereocenters. The highest BCUT2D eigenvalue weighted by molar-refractivity contribution is 7.98. The molecule has 5 heteroatoms. The Kier molecular flexibility index (Phi) is 5.59. The number of thioether (sulfide) groups is 1. The molecule has 3 N–H and O–H groups in total. The normalized spacial score (nSPS) is 14.6. The molecule has 0 radical (unpaired) electrons. The number of aromatic hydroxyl groups is 1. The molecule has 0 bridgehead atoms. The quantitative estimate of drug-likeness (QED) is 0.745. The average Bonchev–Trinajstić information content (AvgIpc) is 2.24. The van der Waals surface area contributed by atoms with Crippen molar-refractivity contribution in [1.82, 2.24) is 5.32 Å². The van der Waals surface area contributed by atoms with E-state index in [2.05, 4.69) is 5.32 Å². The number of phenolic OH excluding ortho intramolecular Hbond substituents is 1. The van der Waals surface area contributed by atoms with Gasteiger partial charge in [0.1, 0.15) is 5.75 Å². The van der Waals surface area contributed by atoms with E-state index in [0.29, 0.717) is 23.9 Å². The van der Waals surface area contributed by atoms with E-state index < -0.39 is 5.60 Å². The monoisotopic (exact) mass is 275 g/mol. The molecule has 0 aliphatic rings. The molecule has 1 rings (SSSR count). The lowest BCUT2D eigenvalue weighted by atomic mass is 10.1. The van der Waals surface area contributed by atoms with Crippen molar-refractivity contribution in [1.29, 1.82) is 0 Å². The van der Waals surface area contributed by atoms with E-state index in [1.165, 1.54) is 0 Å². The first-order chi connectivity index (χ1) is 7.96. The number of halogens is 1. The van der Waals surface area contributed by atoms with Gasteiger partial charge < -0.3 is 15.5 Å². The number of para-hydroxylation sites is 1. The van der Waals surface area contributed by atoms with Gasteiger partial charge in [-0.3, -0.25) is 0 Å². The Morgan fingerprint density at radius 1 is 1.47 bits per heavy atom. The van der Waals surface area contributed by atoms with Crippen LogP contribution < -0.4 is 5.32 Å². The van der Waals surface area contributed by atoms with Crippen molar-refractivity contribution in [3.63, 3.8) is 0 Å². The topological polar surface area (TPSA) is 52.5 Å². The van der Waals surface area contributed by atoms with Crippen molar-refractivity contribution < 1.29 is 10.2 Å². The van der Waals surface area contributed by atoms with Gasteiger partial charge in [-0.25, -0.2) is 0 Å². The second-order valence-electron chi connectivity index (χ2n) is 4.28. The molecule has 1 aromatic rings. The zero-order valence-electron chi connectivity index (χ0n) is 10.0. The summed E-state index contributed by atoms with van der Waals surface area (Å²) in [6.45, 7) is 2.74. The first-order valence-corrected chi connectivity index (χ1v) is 7.12. The molecule has 3 nitrogen and oxygen atoms in total. The predicted molar refractivity (Wildman–Crippen MR) is 73.8 cm³/mol. The van der Waals surface area contributed by atoms with E-state index in [-0.39, 0.29) is 5.75 Å². The van der Waals surface area contributed by atoms with Crippen molar-refractivity contribution in [2.75, 3.05) is 18.6 Å². The van der Waals surface area contributed by atoms with E-state index in [1.54, 1.807) is 36.9 Å². The summed E-state index contributed by atoms with van der Waals surface area (Å²) < 4.78 is 0. The fraction of sp³-hybridized carbons (Fsp3) is 0.500. The van der Waals surface area contributed by atoms with Crippen LogP contribution in [0.25, 0.3) is 0 Å². The zero-order valence-corrected chi connectivity index (χ0v) is 11.6. The van der Waals surface area contributed by atoms with Gasteiger partial charge in [0.25, 0.3) is 0 Å². The summed E-state index contributed by atoms with van der Waals surface area (Å²) in [5.74, 6) is 0.771. The Bertz CT molecular complexity index is 372. The third kappa shape index (κ3) is 4.76. The van der Waals surface area contributed by atoms with Crippen LogP contribution in [0.5, 0.6) is 5.75 Å². The summed E-state index contributed by atoms with van der Waals surface area (Å²) in [5.41, 5.74) is -0.00870. The summed E-state index contributed by atoms with van der Waals surface area (Å²) >= 11 is 7.40. The van der Waals surface area contributed by atoms with Crippen LogP contribution in [0, 0.1) is 0 Å². The largest absolute Gasteiger partial charge is 0.506 e. The van der Waals surface area contributed by atoms with Gasteiger partial charge in [-0.1, -0.05) is 23.7 Å². The number of aliphatic hydroxyl groups is 1. The van der Waals surface area contributed by atoms with Crippen molar-refractivity contribution in [3.8, 4) is 5.75 Å². The van der Waals surface area contributed by atoms with Crippen LogP contribution in [0.3, 0.4) is 0 Å². The van der Waals surface area contributed by atoms with Crippen LogP contribution in [-0.2, 0) is 6.54 Å². The maximum absolute atomic E-state index is 9.94. The van der Waals surface area contributed by atoms with Crippen LogP contribution in [0.1, 0.15) is 12.5 Å². The second-order valence-corrected chi connectivity index (χ2v) is 5.55. The maximum atomic E-state index is 9.94. The zero-order chi connectivity index (χ0) is 12.9. The summed E-state index contributed by atoms with van der Waals surface area (Å²) in [6, 6.07) is 5.24. The Morgan fingerprint density at radius 2 is 2.18 bits per heavy atom. The molecule has 1 aromatic carbocycles. The number of nitrogens with one attached hydrogen (secondary N) is 1. The molecule has 0 aromatic heterocycles. The minimum atomic E-state index is -0.742. The fourth-order valence-electron chi connectivity index (χ4n) is 1.53. The Morgan fingerprint density at radius 3 is 2.82 bits per heavy atom. The van der Waals surface area contributed by atoms with Crippen LogP contribution in [0.15, 0.2) is 18.2 Å². The lowest BCUT2D eigenvalue weighted by molar-refractivity contribution is 0.0845. The van der Waals surface area contributed by atoms with E-state index >= 15 is 0 Å². The number of rotatable bonds is 6. The van der Waals surface area contributed by atoms with Crippen molar-refractivity contribution in [2.24, 2.45) is 0 Å². The Balaban J connectivity index is 2.49. The van der Waals surface area contributed by atoms with E-state index in [9.17, 15) is 10.2 Å². The molecule has 0 aliphatic heterocycles. The number of hydrogen-bond acceptors (Lipinski definition) is 4. The van der Waals surface area contributed by atoms with Crippen LogP contribution in [0.2, 0.25) is 5.02 Å². The minimum Gasteiger partial charge on any atom is -0.506 e. The molecule has 0 aliphatic carbocycles. The highest BCUT2D eigenvalue weighted by Gasteiger charge is 2.18. The SMILES string of the molecule is CSCC(C)(O)CNCc1cccc(Cl)c1O. The molecule has 0 heterocycles. The second kappa shape index (κ2) is 6.50. The predicted octanol–water partition coefficient (Wildman–Crippen LogP) is 2.25. The highest BCUT2D eigenvalue weighted by atomic mass is 35.5. The van der Waals surface area contributed by atoms with Crippen molar-refractivity contribution in [3.05, 3.63) is 28.8 Å². The van der Waals surface area contributed by atoms with Gasteiger partial charge in [-0.15, -0.1) is 0 Å². The summed E-state index contributed by atoms with van der Waals surface area (Å²) in [6.07, 6.45) is 1.96. The minimum absolute atomic E-state index is 0.103. The first kappa shape index (κ1) is 14.6. The molecule has 0 spiro atoms. The highest BCUT2D eigenvalue weighted by Crippen LogP contribution is 2.26. The number of benzene rings is 1. The first-order valence-electron chi connectivity index (χ1n) is 5.34. The number of hydrogen-bond donors (Lipinski definition) is 3. The van der Waals surface area contributed by atoms with Gasteiger partial charge >= 0.3 is 0 Å². The van der Waals surface area contributed by atoms with E-state index in [0.717, 1.165) is 5.56 Å². The molecule has 96 valence electrons. The van der Waals surface area contributed by atoms with Crippen LogP contribution >= 0.6 is 23.4 Å². The van der Waals surface area contributed by atoms with E-state index in [4.69, 9.17) is 11.6 Å². The molecule has 0 saturated carbocycles. The van der Waals surface area contributed by atoms with Crippen LogP contribution in [0.4, 0.5) is 0 Å². The third-order valence-corrected chi connectivity index (χ3v) is 3.56. The Labute approximate surface area is 111 Å². The molecule has 17 heavy (non-hydrogen) atoms. The van der Waals surface area contributed by atoms with Gasteiger partial charge in [0.2, 0.25) is 0 Å². The van der Waals surface area contributed by atoms with Crippen LogP contribution in [-0.4, -0.2) is 34.4 Å². The molecule has 0 fully saturated rings. The number of phenols is 1. The summed E-state index contributed by atoms with van der Waals surface area (Å²) in [7, 11) is 0. The van der Waals surface area contributed by atoms with Gasteiger partial charge in [0.15, 0.2) is 0 Å². The van der Waals surface area contributed by atoms with Gasteiger partial charge in [-0.2, -0.15) is 11.8 Å². The lowest BCUT2D eigenvalue weighted by Gasteiger charge is -2.22. The lowest BCUT2D eigenvalue weighted by Crippen LogP contribution is -2.39. The molecular weight excluding hydrogens is 258 g/mol. The van der Waals surface area contributed by atoms with Gasteiger partial charge in [0, 0.05) is 24.4 Å². The average molecular weight is 276 g/mol. The molecule has 0 amide bonds. The summed E-state index contributed by atoms with van der Waals surface area (Å²) in [4.78, 5) is 0. The van der Waals surface area contributed by atoms with Crippen molar-refractivity contribution in [2.45, 2.75) is 19.1 Å². The van der Waals surface area contributed by atoms with Gasteiger partial charge in [0.05, 0.1) is 10.6 Å². The third-order valence-electron chi connectivity index (χ3n) is 2.35. The smallest absolute Gasteiger partial charge is 0.138 e. The van der Waals surface area contributed by atoms with Crippen molar-refractivity contribution >= 4 is 23.4 Å². The standard InChI is InChI=1S/C12H18ClNO2S/c1-12(16,8-17-2)7-14-6-9-4-3-5-10(13)11(9)15/h3-5,14-16H,6-8H2,1-2H3. The summed E-state index contributed by atoms with van der Waals surface area (Å²) in [5, 5.41) is 23.1. The van der Waals surface area contributed by atoms with Gasteiger partial charge in [-0.05, 0) is 19.2 Å². The van der Waals surface area contributed by atoms with E-state index in [1.807, 2.05) is 6.26 Å². The molecular formula is C12H18ClNO2S. The molecule has 1 unspecified atom stereocenters. The Hall–Kier alpha value is -0.420.